The second kappa shape index (κ2) is 5.21. The first-order valence-electron chi connectivity index (χ1n) is 8.25. The van der Waals surface area contributed by atoms with Crippen LogP contribution in [0.15, 0.2) is 0 Å². The number of carbonyl (C=O) groups is 1. The van der Waals surface area contributed by atoms with Crippen molar-refractivity contribution in [1.29, 1.82) is 0 Å². The van der Waals surface area contributed by atoms with Gasteiger partial charge in [0.25, 0.3) is 0 Å². The van der Waals surface area contributed by atoms with E-state index in [0.29, 0.717) is 26.2 Å². The molecule has 0 radical (unpaired) electrons. The molecule has 4 atom stereocenters. The summed E-state index contributed by atoms with van der Waals surface area (Å²) in [5.74, 6) is 0.101. The van der Waals surface area contributed by atoms with Gasteiger partial charge in [0.2, 0.25) is 5.91 Å². The molecule has 1 heterocycles. The highest BCUT2D eigenvalue weighted by Gasteiger charge is 2.64. The molecule has 3 rings (SSSR count). The summed E-state index contributed by atoms with van der Waals surface area (Å²) in [7, 11) is 0. The molecule has 0 aromatic carbocycles. The number of hydrogen-bond donors (Lipinski definition) is 1. The number of nitrogens with zero attached hydrogens (tertiary/aromatic N) is 1. The molecule has 0 spiro atoms. The van der Waals surface area contributed by atoms with Gasteiger partial charge in [-0.3, -0.25) is 4.79 Å². The molecule has 4 unspecified atom stereocenters. The Balaban J connectivity index is 1.76. The van der Waals surface area contributed by atoms with Crippen molar-refractivity contribution in [3.05, 3.63) is 0 Å². The van der Waals surface area contributed by atoms with E-state index in [1.807, 2.05) is 11.8 Å². The average Bonchev–Trinajstić information content (AvgIpc) is 2.94. The molecular formula is C16H28N2O3. The zero-order valence-corrected chi connectivity index (χ0v) is 13.4. The molecule has 2 saturated carbocycles. The molecule has 0 aromatic heterocycles. The first-order chi connectivity index (χ1) is 9.91. The molecule has 120 valence electrons. The third kappa shape index (κ3) is 2.13. The minimum atomic E-state index is -0.794. The lowest BCUT2D eigenvalue weighted by atomic mass is 9.54. The van der Waals surface area contributed by atoms with Gasteiger partial charge in [0.1, 0.15) is 5.54 Å². The van der Waals surface area contributed by atoms with Crippen LogP contribution in [0.4, 0.5) is 0 Å². The largest absolute Gasteiger partial charge is 0.378 e. The van der Waals surface area contributed by atoms with E-state index in [1.165, 1.54) is 0 Å². The second-order valence-electron chi connectivity index (χ2n) is 7.25. The highest BCUT2D eigenvalue weighted by atomic mass is 16.5. The average molecular weight is 296 g/mol. The summed E-state index contributed by atoms with van der Waals surface area (Å²) in [6.07, 6.45) is 4.18. The molecule has 5 heteroatoms. The van der Waals surface area contributed by atoms with Crippen molar-refractivity contribution in [2.75, 3.05) is 19.8 Å². The molecule has 1 saturated heterocycles. The van der Waals surface area contributed by atoms with E-state index in [-0.39, 0.29) is 29.6 Å². The number of morpholine rings is 1. The third-order valence-electron chi connectivity index (χ3n) is 5.95. The number of hydrogen-bond acceptors (Lipinski definition) is 4. The van der Waals surface area contributed by atoms with E-state index in [4.69, 9.17) is 15.2 Å². The molecule has 0 aromatic rings. The Bertz CT molecular complexity index is 426. The predicted molar refractivity (Wildman–Crippen MR) is 79.8 cm³/mol. The number of fused-ring (bicyclic) bond motifs is 1. The predicted octanol–water partition coefficient (Wildman–Crippen LogP) is 1.30. The molecule has 5 nitrogen and oxygen atoms in total. The number of nitrogens with two attached hydrogens (primary N) is 1. The summed E-state index contributed by atoms with van der Waals surface area (Å²) in [4.78, 5) is 15.1. The lowest BCUT2D eigenvalue weighted by Gasteiger charge is -2.59. The lowest BCUT2D eigenvalue weighted by molar-refractivity contribution is -0.187. The number of carbonyl (C=O) groups excluding carboxylic acids is 1. The molecule has 21 heavy (non-hydrogen) atoms. The number of ether oxygens (including phenoxy) is 2. The third-order valence-corrected chi connectivity index (χ3v) is 5.95. The van der Waals surface area contributed by atoms with Crippen molar-refractivity contribution >= 4 is 5.91 Å². The van der Waals surface area contributed by atoms with Crippen molar-refractivity contribution in [3.8, 4) is 0 Å². The van der Waals surface area contributed by atoms with E-state index >= 15 is 0 Å². The topological polar surface area (TPSA) is 64.8 Å². The van der Waals surface area contributed by atoms with Crippen molar-refractivity contribution in [3.63, 3.8) is 0 Å². The summed E-state index contributed by atoms with van der Waals surface area (Å²) < 4.78 is 11.5. The Hall–Kier alpha value is -0.650. The summed E-state index contributed by atoms with van der Waals surface area (Å²) in [5, 5.41) is 0. The number of amides is 1. The van der Waals surface area contributed by atoms with Gasteiger partial charge in [-0.25, -0.2) is 0 Å². The highest BCUT2D eigenvalue weighted by Crippen LogP contribution is 2.51. The van der Waals surface area contributed by atoms with Gasteiger partial charge in [0, 0.05) is 25.0 Å². The minimum absolute atomic E-state index is 0.0804. The Kier molecular flexibility index (Phi) is 3.79. The van der Waals surface area contributed by atoms with Crippen molar-refractivity contribution < 1.29 is 14.3 Å². The van der Waals surface area contributed by atoms with Crippen LogP contribution in [0.1, 0.15) is 46.5 Å². The summed E-state index contributed by atoms with van der Waals surface area (Å²) in [5.41, 5.74) is 5.44. The quantitative estimate of drug-likeness (QED) is 0.852. The first-order valence-corrected chi connectivity index (χ1v) is 8.25. The molecule has 3 aliphatic rings. The first kappa shape index (κ1) is 15.3. The van der Waals surface area contributed by atoms with Crippen LogP contribution in [0.25, 0.3) is 0 Å². The van der Waals surface area contributed by atoms with Crippen LogP contribution < -0.4 is 5.73 Å². The van der Waals surface area contributed by atoms with E-state index in [9.17, 15) is 4.79 Å². The second-order valence-corrected chi connectivity index (χ2v) is 7.25. The van der Waals surface area contributed by atoms with E-state index in [0.717, 1.165) is 19.3 Å². The van der Waals surface area contributed by atoms with Crippen LogP contribution in [0.3, 0.4) is 0 Å². The molecular weight excluding hydrogens is 268 g/mol. The monoisotopic (exact) mass is 296 g/mol. The zero-order valence-electron chi connectivity index (χ0n) is 13.4. The van der Waals surface area contributed by atoms with Gasteiger partial charge in [-0.2, -0.15) is 0 Å². The minimum Gasteiger partial charge on any atom is -0.378 e. The van der Waals surface area contributed by atoms with Gasteiger partial charge in [-0.05, 0) is 26.2 Å². The molecule has 0 bridgehead atoms. The normalized spacial score (nSPS) is 41.5. The molecule has 1 aliphatic heterocycles. The Morgan fingerprint density at radius 1 is 1.43 bits per heavy atom. The maximum absolute atomic E-state index is 13.1. The van der Waals surface area contributed by atoms with Crippen LogP contribution in [-0.4, -0.2) is 54.4 Å². The van der Waals surface area contributed by atoms with Gasteiger partial charge in [-0.15, -0.1) is 0 Å². The van der Waals surface area contributed by atoms with Crippen molar-refractivity contribution in [2.24, 2.45) is 11.1 Å². The van der Waals surface area contributed by atoms with Gasteiger partial charge in [0.05, 0.1) is 24.9 Å². The maximum atomic E-state index is 13.1. The van der Waals surface area contributed by atoms with Crippen LogP contribution in [0.5, 0.6) is 0 Å². The van der Waals surface area contributed by atoms with Crippen molar-refractivity contribution in [1.82, 2.24) is 4.90 Å². The molecule has 3 fully saturated rings. The van der Waals surface area contributed by atoms with Crippen LogP contribution >= 0.6 is 0 Å². The smallest absolute Gasteiger partial charge is 0.243 e. The van der Waals surface area contributed by atoms with Gasteiger partial charge in [0.15, 0.2) is 0 Å². The van der Waals surface area contributed by atoms with Crippen LogP contribution in [0, 0.1) is 5.41 Å². The summed E-state index contributed by atoms with van der Waals surface area (Å²) in [6, 6.07) is 0.230. The summed E-state index contributed by atoms with van der Waals surface area (Å²) >= 11 is 0. The zero-order chi connectivity index (χ0) is 15.3. The Morgan fingerprint density at radius 3 is 2.86 bits per heavy atom. The fourth-order valence-electron chi connectivity index (χ4n) is 4.23. The van der Waals surface area contributed by atoms with E-state index < -0.39 is 5.54 Å². The van der Waals surface area contributed by atoms with Gasteiger partial charge in [-0.1, -0.05) is 13.8 Å². The SMILES string of the molecule is CCOC1CC(N)(C(=O)N2CCOC3CCCC32)C1(C)C. The number of rotatable bonds is 3. The Labute approximate surface area is 127 Å². The fourth-order valence-corrected chi connectivity index (χ4v) is 4.23. The van der Waals surface area contributed by atoms with Gasteiger partial charge >= 0.3 is 0 Å². The Morgan fingerprint density at radius 2 is 2.19 bits per heavy atom. The van der Waals surface area contributed by atoms with Gasteiger partial charge < -0.3 is 20.1 Å². The summed E-state index contributed by atoms with van der Waals surface area (Å²) in [6.45, 7) is 8.08. The fraction of sp³-hybridized carbons (Fsp3) is 0.938. The molecule has 2 aliphatic carbocycles. The van der Waals surface area contributed by atoms with Crippen LogP contribution in [0.2, 0.25) is 0 Å². The van der Waals surface area contributed by atoms with E-state index in [2.05, 4.69) is 13.8 Å². The molecule has 1 amide bonds. The van der Waals surface area contributed by atoms with Crippen LogP contribution in [-0.2, 0) is 14.3 Å². The van der Waals surface area contributed by atoms with Crippen molar-refractivity contribution in [2.45, 2.75) is 70.2 Å². The molecule has 2 N–H and O–H groups in total. The van der Waals surface area contributed by atoms with E-state index in [1.54, 1.807) is 0 Å². The standard InChI is InChI=1S/C16H28N2O3/c1-4-20-13-10-16(17,15(13,2)3)14(19)18-8-9-21-12-7-5-6-11(12)18/h11-13H,4-10,17H2,1-3H3. The lowest BCUT2D eigenvalue weighted by Crippen LogP contribution is -2.77. The highest BCUT2D eigenvalue weighted by molar-refractivity contribution is 5.89. The maximum Gasteiger partial charge on any atom is 0.243 e.